The van der Waals surface area contributed by atoms with Crippen LogP contribution in [-0.4, -0.2) is 32.6 Å². The summed E-state index contributed by atoms with van der Waals surface area (Å²) in [5.74, 6) is 0.804. The van der Waals surface area contributed by atoms with E-state index in [2.05, 4.69) is 17.0 Å². The largest absolute Gasteiger partial charge is 0.493 e. The number of anilines is 1. The van der Waals surface area contributed by atoms with Gasteiger partial charge >= 0.3 is 5.97 Å². The Hall–Kier alpha value is -3.22. The number of nitrogens with two attached hydrogens (primary N) is 1. The van der Waals surface area contributed by atoms with E-state index >= 15 is 0 Å². The summed E-state index contributed by atoms with van der Waals surface area (Å²) in [5, 5.41) is 2.85. The first-order valence-corrected chi connectivity index (χ1v) is 9.07. The number of amides is 1. The van der Waals surface area contributed by atoms with Crippen molar-refractivity contribution in [3.63, 3.8) is 0 Å². The fourth-order valence-electron chi connectivity index (χ4n) is 2.53. The zero-order chi connectivity index (χ0) is 20.5. The van der Waals surface area contributed by atoms with Crippen molar-refractivity contribution in [1.29, 1.82) is 0 Å². The molecule has 0 aliphatic heterocycles. The Kier molecular flexibility index (Phi) is 7.68. The molecule has 1 amide bonds. The van der Waals surface area contributed by atoms with Crippen molar-refractivity contribution in [3.8, 4) is 17.2 Å². The Bertz CT molecular complexity index is 836. The summed E-state index contributed by atoms with van der Waals surface area (Å²) < 4.78 is 15.9. The van der Waals surface area contributed by atoms with E-state index in [1.807, 2.05) is 0 Å². The maximum Gasteiger partial charge on any atom is 0.309 e. The van der Waals surface area contributed by atoms with Gasteiger partial charge in [-0.05, 0) is 42.3 Å². The van der Waals surface area contributed by atoms with Gasteiger partial charge in [-0.3, -0.25) is 9.59 Å². The predicted octanol–water partition coefficient (Wildman–Crippen LogP) is 3.32. The molecule has 28 heavy (non-hydrogen) atoms. The number of carbonyl (C=O) groups is 2. The monoisotopic (exact) mass is 386 g/mol. The van der Waals surface area contributed by atoms with Gasteiger partial charge in [-0.2, -0.15) is 0 Å². The van der Waals surface area contributed by atoms with Gasteiger partial charge in [0.15, 0.2) is 17.2 Å². The number of unbranched alkanes of at least 4 members (excludes halogenated alkanes) is 1. The first-order chi connectivity index (χ1) is 13.5. The van der Waals surface area contributed by atoms with Crippen LogP contribution in [0.4, 0.5) is 5.69 Å². The number of hydrogen-bond acceptors (Lipinski definition) is 6. The number of rotatable bonds is 9. The van der Waals surface area contributed by atoms with Gasteiger partial charge in [0.05, 0.1) is 26.3 Å². The van der Waals surface area contributed by atoms with Crippen LogP contribution in [0.2, 0.25) is 0 Å². The maximum atomic E-state index is 12.1. The Morgan fingerprint density at radius 3 is 2.43 bits per heavy atom. The van der Waals surface area contributed by atoms with Crippen LogP contribution in [-0.2, 0) is 16.0 Å². The average Bonchev–Trinajstić information content (AvgIpc) is 2.70. The topological polar surface area (TPSA) is 99.9 Å². The molecular weight excluding hydrogens is 360 g/mol. The van der Waals surface area contributed by atoms with Crippen LogP contribution in [0.25, 0.3) is 0 Å². The zero-order valence-corrected chi connectivity index (χ0v) is 16.4. The van der Waals surface area contributed by atoms with Gasteiger partial charge in [-0.25, -0.2) is 0 Å². The normalized spacial score (nSPS) is 10.2. The first-order valence-electron chi connectivity index (χ1n) is 9.07. The van der Waals surface area contributed by atoms with Crippen LogP contribution in [0.1, 0.15) is 35.7 Å². The molecule has 0 aliphatic rings. The standard InChI is InChI=1S/C21H26N2O5/c1-4-5-10-23-21(25)15-7-9-17(16(22)13-15)28-18-8-6-14(11-19(18)26-2)12-20(24)27-3/h6-9,11,13H,4-5,10,12,22H2,1-3H3,(H,23,25). The lowest BCUT2D eigenvalue weighted by molar-refractivity contribution is -0.139. The van der Waals surface area contributed by atoms with Crippen molar-refractivity contribution in [1.82, 2.24) is 5.32 Å². The second kappa shape index (κ2) is 10.2. The number of ether oxygens (including phenoxy) is 3. The first kappa shape index (κ1) is 21.1. The molecule has 0 fully saturated rings. The fourth-order valence-corrected chi connectivity index (χ4v) is 2.53. The van der Waals surface area contributed by atoms with Crippen LogP contribution in [0.3, 0.4) is 0 Å². The SMILES string of the molecule is CCCCNC(=O)c1ccc(Oc2ccc(CC(=O)OC)cc2OC)c(N)c1. The lowest BCUT2D eigenvalue weighted by atomic mass is 10.1. The van der Waals surface area contributed by atoms with E-state index in [1.54, 1.807) is 36.4 Å². The maximum absolute atomic E-state index is 12.1. The summed E-state index contributed by atoms with van der Waals surface area (Å²) in [5.41, 5.74) is 7.61. The molecule has 0 saturated carbocycles. The van der Waals surface area contributed by atoms with E-state index < -0.39 is 0 Å². The minimum atomic E-state index is -0.340. The van der Waals surface area contributed by atoms with Crippen LogP contribution in [0.15, 0.2) is 36.4 Å². The van der Waals surface area contributed by atoms with Gasteiger partial charge < -0.3 is 25.3 Å². The Morgan fingerprint density at radius 1 is 1.04 bits per heavy atom. The summed E-state index contributed by atoms with van der Waals surface area (Å²) in [4.78, 5) is 23.6. The summed E-state index contributed by atoms with van der Waals surface area (Å²) in [6.45, 7) is 2.69. The van der Waals surface area contributed by atoms with Crippen molar-refractivity contribution in [2.45, 2.75) is 26.2 Å². The molecule has 0 aromatic heterocycles. The van der Waals surface area contributed by atoms with E-state index in [9.17, 15) is 9.59 Å². The fraction of sp³-hybridized carbons (Fsp3) is 0.333. The zero-order valence-electron chi connectivity index (χ0n) is 16.4. The number of nitrogen functional groups attached to an aromatic ring is 1. The van der Waals surface area contributed by atoms with Gasteiger partial charge in [0, 0.05) is 12.1 Å². The third-order valence-corrected chi connectivity index (χ3v) is 4.11. The summed E-state index contributed by atoms with van der Waals surface area (Å²) in [7, 11) is 2.85. The van der Waals surface area contributed by atoms with Crippen molar-refractivity contribution in [2.24, 2.45) is 0 Å². The van der Waals surface area contributed by atoms with E-state index in [0.717, 1.165) is 18.4 Å². The van der Waals surface area contributed by atoms with Crippen molar-refractivity contribution in [2.75, 3.05) is 26.5 Å². The van der Waals surface area contributed by atoms with Crippen LogP contribution in [0, 0.1) is 0 Å². The molecule has 7 heteroatoms. The van der Waals surface area contributed by atoms with Gasteiger partial charge in [0.1, 0.15) is 0 Å². The molecule has 0 bridgehead atoms. The van der Waals surface area contributed by atoms with Gasteiger partial charge in [0.25, 0.3) is 5.91 Å². The number of methoxy groups -OCH3 is 2. The van der Waals surface area contributed by atoms with Crippen LogP contribution >= 0.6 is 0 Å². The number of hydrogen-bond donors (Lipinski definition) is 2. The van der Waals surface area contributed by atoms with Crippen molar-refractivity contribution >= 4 is 17.6 Å². The highest BCUT2D eigenvalue weighted by atomic mass is 16.5. The highest BCUT2D eigenvalue weighted by molar-refractivity contribution is 5.95. The Balaban J connectivity index is 2.14. The van der Waals surface area contributed by atoms with E-state index in [4.69, 9.17) is 15.2 Å². The minimum absolute atomic E-state index is 0.136. The minimum Gasteiger partial charge on any atom is -0.493 e. The molecule has 3 N–H and O–H groups in total. The second-order valence-corrected chi connectivity index (χ2v) is 6.20. The molecule has 0 radical (unpaired) electrons. The van der Waals surface area contributed by atoms with Crippen molar-refractivity contribution < 1.29 is 23.8 Å². The molecule has 2 rings (SSSR count). The molecular formula is C21H26N2O5. The third kappa shape index (κ3) is 5.64. The number of benzene rings is 2. The summed E-state index contributed by atoms with van der Waals surface area (Å²) in [6.07, 6.45) is 2.07. The Morgan fingerprint density at radius 2 is 1.79 bits per heavy atom. The summed E-state index contributed by atoms with van der Waals surface area (Å²) in [6, 6.07) is 10.0. The third-order valence-electron chi connectivity index (χ3n) is 4.11. The molecule has 2 aromatic carbocycles. The molecule has 7 nitrogen and oxygen atoms in total. The van der Waals surface area contributed by atoms with Crippen LogP contribution < -0.4 is 20.5 Å². The smallest absolute Gasteiger partial charge is 0.309 e. The molecule has 2 aromatic rings. The molecule has 0 aliphatic carbocycles. The molecule has 0 saturated heterocycles. The number of carbonyl (C=O) groups excluding carboxylic acids is 2. The van der Waals surface area contributed by atoms with Crippen LogP contribution in [0.5, 0.6) is 17.2 Å². The average molecular weight is 386 g/mol. The van der Waals surface area contributed by atoms with Gasteiger partial charge in [-0.15, -0.1) is 0 Å². The van der Waals surface area contributed by atoms with Crippen molar-refractivity contribution in [3.05, 3.63) is 47.5 Å². The van der Waals surface area contributed by atoms with E-state index in [1.165, 1.54) is 14.2 Å². The molecule has 0 atom stereocenters. The lowest BCUT2D eigenvalue weighted by Crippen LogP contribution is -2.24. The van der Waals surface area contributed by atoms with E-state index in [0.29, 0.717) is 35.0 Å². The Labute approximate surface area is 164 Å². The predicted molar refractivity (Wildman–Crippen MR) is 107 cm³/mol. The van der Waals surface area contributed by atoms with E-state index in [-0.39, 0.29) is 18.3 Å². The quantitative estimate of drug-likeness (QED) is 0.390. The molecule has 150 valence electrons. The molecule has 0 heterocycles. The number of nitrogens with one attached hydrogen (secondary N) is 1. The highest BCUT2D eigenvalue weighted by Crippen LogP contribution is 2.35. The highest BCUT2D eigenvalue weighted by Gasteiger charge is 2.13. The molecule has 0 unspecified atom stereocenters. The molecule has 0 spiro atoms. The summed E-state index contributed by atoms with van der Waals surface area (Å²) >= 11 is 0. The van der Waals surface area contributed by atoms with Gasteiger partial charge in [0.2, 0.25) is 0 Å². The van der Waals surface area contributed by atoms with Gasteiger partial charge in [-0.1, -0.05) is 19.4 Å². The number of esters is 1. The lowest BCUT2D eigenvalue weighted by Gasteiger charge is -2.14. The second-order valence-electron chi connectivity index (χ2n) is 6.20.